The molecule has 1 saturated heterocycles. The van der Waals surface area contributed by atoms with E-state index in [0.717, 1.165) is 83.7 Å². The van der Waals surface area contributed by atoms with Gasteiger partial charge in [0.15, 0.2) is 29.1 Å². The number of halogens is 2. The Kier molecular flexibility index (Phi) is 32.0. The van der Waals surface area contributed by atoms with Crippen LogP contribution in [-0.4, -0.2) is 355 Å². The highest BCUT2D eigenvalue weighted by molar-refractivity contribution is 7.12. The molecule has 6 aliphatic rings. The number of aliphatic hydroxyl groups is 2. The summed E-state index contributed by atoms with van der Waals surface area (Å²) in [7, 11) is 12.9. The van der Waals surface area contributed by atoms with Gasteiger partial charge in [-0.15, -0.1) is 11.3 Å². The molecule has 4 fully saturated rings. The van der Waals surface area contributed by atoms with Gasteiger partial charge in [0, 0.05) is 135 Å². The number of carbonyl (C=O) groups excluding carboxylic acids is 17. The molecule has 41 heteroatoms. The highest BCUT2D eigenvalue weighted by Gasteiger charge is 2.79. The summed E-state index contributed by atoms with van der Waals surface area (Å²) in [5, 5.41) is 39.3. The van der Waals surface area contributed by atoms with E-state index in [1.54, 1.807) is 31.2 Å². The van der Waals surface area contributed by atoms with Gasteiger partial charge in [-0.2, -0.15) is 0 Å². The molecular weight excluding hydrogens is 1680 g/mol. The number of Topliss-reactive ketones (excluding diaryl/α,β-unsaturated/α-hetero) is 1. The average molecular weight is 1790 g/mol. The molecule has 0 bridgehead atoms. The number of hydrogen-bond donors (Lipinski definition) is 6. The van der Waals surface area contributed by atoms with Crippen LogP contribution < -0.4 is 25.6 Å². The quantitative estimate of drug-likeness (QED) is 0.0324. The number of hydrogen-bond acceptors (Lipinski definition) is 24. The molecule has 3 saturated carbocycles. The van der Waals surface area contributed by atoms with Gasteiger partial charge in [-0.05, 0) is 119 Å². The van der Waals surface area contributed by atoms with Crippen molar-refractivity contribution in [2.45, 2.75) is 127 Å². The summed E-state index contributed by atoms with van der Waals surface area (Å²) < 4.78 is 53.2. The Hall–Kier alpha value is -12.1. The van der Waals surface area contributed by atoms with Crippen molar-refractivity contribution in [3.63, 3.8) is 0 Å². The second-order valence-electron chi connectivity index (χ2n) is 33.7. The lowest BCUT2D eigenvalue weighted by Gasteiger charge is -2.62. The Balaban J connectivity index is 0.679. The molecule has 11 atom stereocenters. The Morgan fingerprint density at radius 1 is 0.614 bits per heavy atom. The number of benzene rings is 2. The molecule has 6 N–H and O–H groups in total. The molecule has 0 unspecified atom stereocenters. The van der Waals surface area contributed by atoms with Crippen LogP contribution in [0.2, 0.25) is 0 Å². The zero-order valence-electron chi connectivity index (χ0n) is 73.4. The van der Waals surface area contributed by atoms with E-state index in [9.17, 15) is 96.5 Å². The minimum Gasteiger partial charge on any atom is -0.493 e. The van der Waals surface area contributed by atoms with Crippen LogP contribution in [0.5, 0.6) is 5.75 Å². The van der Waals surface area contributed by atoms with Crippen LogP contribution in [0.15, 0.2) is 84.5 Å². The van der Waals surface area contributed by atoms with Gasteiger partial charge in [0.25, 0.3) is 11.8 Å². The number of likely N-dealkylation sites (N-methyl/N-ethyl adjacent to an activating group) is 10. The van der Waals surface area contributed by atoms with Gasteiger partial charge in [-0.3, -0.25) is 86.3 Å². The fourth-order valence-electron chi connectivity index (χ4n) is 16.9. The van der Waals surface area contributed by atoms with Crippen LogP contribution in [0.1, 0.15) is 99.8 Å². The van der Waals surface area contributed by atoms with E-state index in [1.165, 1.54) is 108 Å². The van der Waals surface area contributed by atoms with E-state index < -0.39 is 248 Å². The van der Waals surface area contributed by atoms with Crippen LogP contribution in [0.4, 0.5) is 20.2 Å². The molecule has 3 aromatic rings. The van der Waals surface area contributed by atoms with Gasteiger partial charge < -0.3 is 94.5 Å². The standard InChI is InChI=1S/C86H110F2N14O24S/c1-49(80(122)90-50(2)81(123)91-54-18-15-17-51(31-54)32-56-22-24-62(127-56)82-125-65-35-58-57-23-21-53-34-55(104)28-29-83(53,3)85(57,88)63(105)37-84(58,4)86(65,126-82)64(106)48-103)89-66(107)25-20-52-33-59(87)60(102-68(109)26-27-69(102)110)36-61(52)124-30-16-19-67(108)92(5)38-70(111)93(6)39-71(112)94(7)40-72(113)95(8)41-73(114)96(9)42-74(115)97(10)43-75(116)98(11)44-76(117)99(12)45-77(118)100(13)46-78(119)101(14)47-79(120)121/h15,17-18,22,24,26-29,31,33-34,36,49-50,57-58,63,65,82,103,105H,16,19-21,23,25,30,32,35,37-48H2,1-14H3,(H,89,107)(H,90,122)(H,91,123)(H,120,121)/t49-,50-,57-,58-,63-,65+,82+,83-,84-,85-,86+/m0/s1. The van der Waals surface area contributed by atoms with Crippen molar-refractivity contribution in [3.05, 3.63) is 111 Å². The molecule has 9 rings (SSSR count). The summed E-state index contributed by atoms with van der Waals surface area (Å²) in [5.41, 5.74) is -4.83. The third kappa shape index (κ3) is 22.3. The van der Waals surface area contributed by atoms with Crippen molar-refractivity contribution in [2.75, 3.05) is 159 Å². The molecule has 0 spiro atoms. The molecule has 2 aromatic carbocycles. The van der Waals surface area contributed by atoms with E-state index in [0.29, 0.717) is 40.3 Å². The van der Waals surface area contributed by atoms with Crippen molar-refractivity contribution in [2.24, 2.45) is 22.7 Å². The minimum atomic E-state index is -2.16. The smallest absolute Gasteiger partial charge is 0.323 e. The van der Waals surface area contributed by atoms with Gasteiger partial charge in [0.05, 0.1) is 88.3 Å². The number of nitrogens with zero attached hydrogens (tertiary/aromatic N) is 11. The first-order valence-electron chi connectivity index (χ1n) is 41.1. The van der Waals surface area contributed by atoms with Crippen molar-refractivity contribution in [1.82, 2.24) is 59.6 Å². The summed E-state index contributed by atoms with van der Waals surface area (Å²) in [5.74, 6) is -14.8. The molecular formula is C86H110F2N14O24S. The number of anilines is 2. The van der Waals surface area contributed by atoms with Crippen LogP contribution in [0.25, 0.3) is 0 Å². The van der Waals surface area contributed by atoms with E-state index in [4.69, 9.17) is 19.3 Å². The molecule has 38 nitrogen and oxygen atoms in total. The molecule has 688 valence electrons. The number of fused-ring (bicyclic) bond motifs is 7. The normalized spacial score (nSPS) is 22.2. The van der Waals surface area contributed by atoms with E-state index in [-0.39, 0.29) is 62.2 Å². The monoisotopic (exact) mass is 1790 g/mol. The summed E-state index contributed by atoms with van der Waals surface area (Å²) >= 11 is 1.36. The summed E-state index contributed by atoms with van der Waals surface area (Å²) in [4.78, 5) is 246. The topological polar surface area (TPSA) is 467 Å². The predicted molar refractivity (Wildman–Crippen MR) is 450 cm³/mol. The molecule has 3 heterocycles. The molecule has 15 amide bonds. The number of alkyl halides is 1. The largest absolute Gasteiger partial charge is 0.493 e. The van der Waals surface area contributed by atoms with E-state index in [2.05, 4.69) is 16.0 Å². The van der Waals surface area contributed by atoms with Crippen molar-refractivity contribution < 1.29 is 125 Å². The van der Waals surface area contributed by atoms with Gasteiger partial charge in [-0.1, -0.05) is 30.7 Å². The van der Waals surface area contributed by atoms with Crippen molar-refractivity contribution in [1.29, 1.82) is 0 Å². The Labute approximate surface area is 736 Å². The minimum absolute atomic E-state index is 0.00563. The zero-order valence-corrected chi connectivity index (χ0v) is 74.2. The number of carbonyl (C=O) groups is 18. The number of aliphatic hydroxyl groups excluding tert-OH is 2. The molecule has 1 aromatic heterocycles. The van der Waals surface area contributed by atoms with Crippen molar-refractivity contribution >= 4 is 129 Å². The number of aryl methyl sites for hydroxylation is 1. The van der Waals surface area contributed by atoms with Crippen LogP contribution in [-0.2, 0) is 109 Å². The number of amides is 15. The number of thiophene rings is 1. The third-order valence-electron chi connectivity index (χ3n) is 24.5. The lowest BCUT2D eigenvalue weighted by atomic mass is 9.44. The maximum atomic E-state index is 17.9. The van der Waals surface area contributed by atoms with Gasteiger partial charge >= 0.3 is 5.97 Å². The molecule has 4 aliphatic carbocycles. The summed E-state index contributed by atoms with van der Waals surface area (Å²) in [6.45, 7) is 0.0767. The van der Waals surface area contributed by atoms with Crippen LogP contribution in [0.3, 0.4) is 0 Å². The second-order valence-corrected chi connectivity index (χ2v) is 34.9. The maximum Gasteiger partial charge on any atom is 0.323 e. The van der Waals surface area contributed by atoms with Gasteiger partial charge in [0.1, 0.15) is 36.8 Å². The second kappa shape index (κ2) is 41.1. The molecule has 127 heavy (non-hydrogen) atoms. The number of carboxylic acid groups (broad SMARTS) is 1. The van der Waals surface area contributed by atoms with Gasteiger partial charge in [0.2, 0.25) is 76.8 Å². The van der Waals surface area contributed by atoms with Crippen LogP contribution in [0, 0.1) is 28.5 Å². The van der Waals surface area contributed by atoms with E-state index in [1.807, 2.05) is 25.1 Å². The lowest BCUT2D eigenvalue weighted by Crippen LogP contribution is -2.69. The maximum absolute atomic E-state index is 17.9. The number of ether oxygens (including phenoxy) is 3. The Morgan fingerprint density at radius 2 is 1.10 bits per heavy atom. The summed E-state index contributed by atoms with van der Waals surface area (Å²) in [6, 6.07) is 10.4. The number of carboxylic acids is 1. The zero-order chi connectivity index (χ0) is 94.0. The van der Waals surface area contributed by atoms with Crippen LogP contribution >= 0.6 is 11.3 Å². The highest BCUT2D eigenvalue weighted by Crippen LogP contribution is 2.72. The van der Waals surface area contributed by atoms with Gasteiger partial charge in [-0.25, -0.2) is 13.7 Å². The number of allylic oxidation sites excluding steroid dienone is 4. The van der Waals surface area contributed by atoms with E-state index >= 15 is 8.78 Å². The average Bonchev–Trinajstić information content (AvgIpc) is 1.51. The Bertz CT molecular complexity index is 4950. The predicted octanol–water partition coefficient (Wildman–Crippen LogP) is 0.0106. The highest BCUT2D eigenvalue weighted by atomic mass is 32.1. The SMILES string of the molecule is C[C@H](NC(=O)CCc1cc(F)c(N2C(=O)C=CC2=O)cc1OCCCC(=O)N(C)CC(=O)N(C)CC(=O)N(C)CC(=O)N(C)CC(=O)N(C)CC(=O)N(C)CC(=O)N(C)CC(=O)N(C)CC(=O)N(C)CC(=O)N(C)CC(=O)O)C(=O)N[C@@H](C)C(=O)Nc1cccc(Cc2ccc([C@@H]3O[C@@H]4C[C@H]5[C@@H]6CCC7=CC(=O)C=C[C@]7(C)[C@@]6(F)[C@@H](O)C[C@]5(C)[C@]4(C(=O)CO)O3)s2)c1. The first-order chi connectivity index (χ1) is 59.6. The lowest BCUT2D eigenvalue weighted by molar-refractivity contribution is -0.231. The fourth-order valence-corrected chi connectivity index (χ4v) is 17.9. The fraction of sp³-hybridized carbons (Fsp3) is 0.535. The number of ketones is 2. The number of rotatable bonds is 39. The van der Waals surface area contributed by atoms with Crippen molar-refractivity contribution in [3.8, 4) is 5.75 Å². The number of imide groups is 1. The third-order valence-corrected chi connectivity index (χ3v) is 25.6. The Morgan fingerprint density at radius 3 is 1.60 bits per heavy atom. The summed E-state index contributed by atoms with van der Waals surface area (Å²) in [6.07, 6.45) is 3.23. The number of nitrogens with one attached hydrogen (secondary N) is 3. The number of aliphatic carboxylic acids is 1. The molecule has 0 radical (unpaired) electrons. The first kappa shape index (κ1) is 98.7. The first-order valence-corrected chi connectivity index (χ1v) is 41.9. The molecule has 2 aliphatic heterocycles.